The first-order valence-electron chi connectivity index (χ1n) is 5.26. The number of aromatic hydroxyl groups is 1. The minimum atomic E-state index is -3.79. The van der Waals surface area contributed by atoms with Gasteiger partial charge in [-0.25, -0.2) is 21.6 Å². The number of phenols is 1. The Labute approximate surface area is 107 Å². The van der Waals surface area contributed by atoms with Crippen molar-refractivity contribution >= 4 is 19.9 Å². The molecule has 0 saturated carbocycles. The van der Waals surface area contributed by atoms with E-state index in [1.54, 1.807) is 0 Å². The van der Waals surface area contributed by atoms with Gasteiger partial charge in [0.15, 0.2) is 9.84 Å². The Bertz CT molecular complexity index is 607. The molecule has 0 heterocycles. The maximum atomic E-state index is 11.7. The number of rotatable bonds is 6. The molecule has 0 unspecified atom stereocenters. The molecular formula is C10H15NO5S2. The molecule has 0 aromatic heterocycles. The summed E-state index contributed by atoms with van der Waals surface area (Å²) in [5.74, 6) is -0.443. The Morgan fingerprint density at radius 1 is 1.22 bits per heavy atom. The summed E-state index contributed by atoms with van der Waals surface area (Å²) in [6.07, 6.45) is 0. The third-order valence-electron chi connectivity index (χ3n) is 2.27. The van der Waals surface area contributed by atoms with E-state index in [0.29, 0.717) is 0 Å². The summed E-state index contributed by atoms with van der Waals surface area (Å²) in [6, 6.07) is 5.15. The summed E-state index contributed by atoms with van der Waals surface area (Å²) in [5, 5.41) is 9.18. The summed E-state index contributed by atoms with van der Waals surface area (Å²) < 4.78 is 48.1. The van der Waals surface area contributed by atoms with Crippen molar-refractivity contribution < 1.29 is 21.9 Å². The summed E-state index contributed by atoms with van der Waals surface area (Å²) in [5.41, 5.74) is 0. The van der Waals surface area contributed by atoms with E-state index < -0.39 is 19.9 Å². The van der Waals surface area contributed by atoms with Crippen molar-refractivity contribution in [1.82, 2.24) is 4.72 Å². The van der Waals surface area contributed by atoms with Gasteiger partial charge in [-0.15, -0.1) is 0 Å². The lowest BCUT2D eigenvalue weighted by atomic mass is 10.3. The summed E-state index contributed by atoms with van der Waals surface area (Å²) in [7, 11) is -7.00. The molecule has 0 spiro atoms. The van der Waals surface area contributed by atoms with E-state index in [4.69, 9.17) is 0 Å². The molecule has 1 rings (SSSR count). The monoisotopic (exact) mass is 293 g/mol. The molecule has 0 aliphatic rings. The number of hydrogen-bond acceptors (Lipinski definition) is 5. The molecule has 18 heavy (non-hydrogen) atoms. The zero-order chi connectivity index (χ0) is 13.8. The third-order valence-corrected chi connectivity index (χ3v) is 5.44. The highest BCUT2D eigenvalue weighted by Crippen LogP contribution is 2.15. The van der Waals surface area contributed by atoms with Crippen molar-refractivity contribution in [3.05, 3.63) is 24.3 Å². The fourth-order valence-electron chi connectivity index (χ4n) is 1.21. The average molecular weight is 293 g/mol. The lowest BCUT2D eigenvalue weighted by Crippen LogP contribution is -2.29. The lowest BCUT2D eigenvalue weighted by Gasteiger charge is -2.06. The van der Waals surface area contributed by atoms with Crippen LogP contribution >= 0.6 is 0 Å². The Balaban J connectivity index is 2.72. The van der Waals surface area contributed by atoms with Gasteiger partial charge in [-0.3, -0.25) is 0 Å². The maximum absolute atomic E-state index is 11.7. The highest BCUT2D eigenvalue weighted by atomic mass is 32.2. The number of phenolic OH excluding ortho intramolecular Hbond substituents is 1. The minimum Gasteiger partial charge on any atom is -0.508 e. The molecule has 1 aromatic carbocycles. The second-order valence-electron chi connectivity index (χ2n) is 3.63. The van der Waals surface area contributed by atoms with E-state index in [1.807, 2.05) is 0 Å². The van der Waals surface area contributed by atoms with Crippen LogP contribution in [0.3, 0.4) is 0 Å². The molecule has 2 N–H and O–H groups in total. The van der Waals surface area contributed by atoms with Crippen LogP contribution in [0.5, 0.6) is 5.75 Å². The molecule has 6 nitrogen and oxygen atoms in total. The van der Waals surface area contributed by atoms with Crippen LogP contribution in [0.4, 0.5) is 0 Å². The van der Waals surface area contributed by atoms with Gasteiger partial charge in [0, 0.05) is 12.3 Å². The predicted octanol–water partition coefficient (Wildman–Crippen LogP) is 0.105. The second-order valence-corrected chi connectivity index (χ2v) is 7.87. The van der Waals surface area contributed by atoms with E-state index in [-0.39, 0.29) is 28.7 Å². The molecule has 0 amide bonds. The highest BCUT2D eigenvalue weighted by molar-refractivity contribution is 7.91. The Morgan fingerprint density at radius 3 is 2.44 bits per heavy atom. The number of benzene rings is 1. The van der Waals surface area contributed by atoms with Crippen LogP contribution in [0.15, 0.2) is 29.2 Å². The van der Waals surface area contributed by atoms with Crippen molar-refractivity contribution in [2.75, 3.05) is 18.1 Å². The van der Waals surface area contributed by atoms with Gasteiger partial charge in [0.1, 0.15) is 5.75 Å². The van der Waals surface area contributed by atoms with Crippen molar-refractivity contribution in [3.8, 4) is 5.75 Å². The van der Waals surface area contributed by atoms with Gasteiger partial charge < -0.3 is 5.11 Å². The zero-order valence-electron chi connectivity index (χ0n) is 9.83. The highest BCUT2D eigenvalue weighted by Gasteiger charge is 2.15. The van der Waals surface area contributed by atoms with Gasteiger partial charge in [0.05, 0.1) is 10.6 Å². The van der Waals surface area contributed by atoms with Gasteiger partial charge >= 0.3 is 0 Å². The molecule has 0 radical (unpaired) electrons. The van der Waals surface area contributed by atoms with Gasteiger partial charge in [-0.05, 0) is 18.2 Å². The second kappa shape index (κ2) is 5.68. The average Bonchev–Trinajstić information content (AvgIpc) is 2.28. The first kappa shape index (κ1) is 14.9. The van der Waals surface area contributed by atoms with E-state index in [9.17, 15) is 21.9 Å². The molecule has 0 aliphatic carbocycles. The van der Waals surface area contributed by atoms with Crippen LogP contribution in [-0.2, 0) is 19.9 Å². The summed E-state index contributed by atoms with van der Waals surface area (Å²) in [6.45, 7) is 1.31. The SMILES string of the molecule is CCS(=O)(=O)CCNS(=O)(=O)c1cccc(O)c1. The fraction of sp³-hybridized carbons (Fsp3) is 0.400. The number of hydrogen-bond donors (Lipinski definition) is 2. The van der Waals surface area contributed by atoms with Crippen molar-refractivity contribution in [2.24, 2.45) is 0 Å². The Morgan fingerprint density at radius 2 is 1.89 bits per heavy atom. The van der Waals surface area contributed by atoms with Crippen molar-refractivity contribution in [3.63, 3.8) is 0 Å². The van der Waals surface area contributed by atoms with Gasteiger partial charge in [-0.1, -0.05) is 13.0 Å². The molecule has 102 valence electrons. The smallest absolute Gasteiger partial charge is 0.240 e. The normalized spacial score (nSPS) is 12.5. The van der Waals surface area contributed by atoms with Gasteiger partial charge in [0.25, 0.3) is 0 Å². The molecule has 0 aliphatic heterocycles. The summed E-state index contributed by atoms with van der Waals surface area (Å²) >= 11 is 0. The first-order valence-corrected chi connectivity index (χ1v) is 8.56. The standard InChI is InChI=1S/C10H15NO5S2/c1-2-17(13,14)7-6-11-18(15,16)10-5-3-4-9(12)8-10/h3-5,8,11-12H,2,6-7H2,1H3. The summed E-state index contributed by atoms with van der Waals surface area (Å²) in [4.78, 5) is -0.101. The van der Waals surface area contributed by atoms with Crippen molar-refractivity contribution in [1.29, 1.82) is 0 Å². The Hall–Kier alpha value is -1.12. The largest absolute Gasteiger partial charge is 0.508 e. The molecule has 0 saturated heterocycles. The van der Waals surface area contributed by atoms with Gasteiger partial charge in [-0.2, -0.15) is 0 Å². The Kier molecular flexibility index (Phi) is 4.71. The molecule has 0 atom stereocenters. The van der Waals surface area contributed by atoms with E-state index in [2.05, 4.69) is 4.72 Å². The predicted molar refractivity (Wildman–Crippen MR) is 67.6 cm³/mol. The number of sulfone groups is 1. The molecular weight excluding hydrogens is 278 g/mol. The van der Waals surface area contributed by atoms with Crippen LogP contribution in [0.25, 0.3) is 0 Å². The van der Waals surface area contributed by atoms with E-state index >= 15 is 0 Å². The maximum Gasteiger partial charge on any atom is 0.240 e. The van der Waals surface area contributed by atoms with Crippen LogP contribution in [-0.4, -0.2) is 40.0 Å². The van der Waals surface area contributed by atoms with Crippen LogP contribution in [0, 0.1) is 0 Å². The van der Waals surface area contributed by atoms with Gasteiger partial charge in [0.2, 0.25) is 10.0 Å². The molecule has 0 bridgehead atoms. The lowest BCUT2D eigenvalue weighted by molar-refractivity contribution is 0.473. The van der Waals surface area contributed by atoms with Crippen LogP contribution in [0.1, 0.15) is 6.92 Å². The zero-order valence-corrected chi connectivity index (χ0v) is 11.5. The minimum absolute atomic E-state index is 0.0269. The molecule has 1 aromatic rings. The molecule has 0 fully saturated rings. The topological polar surface area (TPSA) is 101 Å². The number of sulfonamides is 1. The van der Waals surface area contributed by atoms with E-state index in [0.717, 1.165) is 6.07 Å². The molecule has 8 heteroatoms. The third kappa shape index (κ3) is 4.28. The number of nitrogens with one attached hydrogen (secondary N) is 1. The van der Waals surface area contributed by atoms with Crippen molar-refractivity contribution in [2.45, 2.75) is 11.8 Å². The van der Waals surface area contributed by atoms with Crippen LogP contribution < -0.4 is 4.72 Å². The quantitative estimate of drug-likeness (QED) is 0.775. The van der Waals surface area contributed by atoms with Crippen LogP contribution in [0.2, 0.25) is 0 Å². The first-order chi connectivity index (χ1) is 8.27. The van der Waals surface area contributed by atoms with E-state index in [1.165, 1.54) is 25.1 Å². The fourth-order valence-corrected chi connectivity index (χ4v) is 3.11.